The van der Waals surface area contributed by atoms with E-state index in [-0.39, 0.29) is 19.2 Å². The summed E-state index contributed by atoms with van der Waals surface area (Å²) in [6.07, 6.45) is 1.61. The van der Waals surface area contributed by atoms with Crippen molar-refractivity contribution in [2.24, 2.45) is 0 Å². The highest BCUT2D eigenvalue weighted by Gasteiger charge is 2.13. The Morgan fingerprint density at radius 3 is 2.89 bits per heavy atom. The smallest absolute Gasteiger partial charge is 0.322 e. The number of carbonyl (C=O) groups excluding carboxylic acids is 1. The molecule has 0 bridgehead atoms. The predicted octanol–water partition coefficient (Wildman–Crippen LogP) is 2.02. The van der Waals surface area contributed by atoms with Crippen LogP contribution in [0.2, 0.25) is 0 Å². The van der Waals surface area contributed by atoms with E-state index in [9.17, 15) is 4.79 Å². The Labute approximate surface area is 113 Å². The molecule has 2 N–H and O–H groups in total. The largest absolute Gasteiger partial charge is 0.495 e. The van der Waals surface area contributed by atoms with Crippen LogP contribution in [0.1, 0.15) is 5.56 Å². The summed E-state index contributed by atoms with van der Waals surface area (Å²) >= 11 is 0. The van der Waals surface area contributed by atoms with Crippen LogP contribution >= 0.6 is 0 Å². The number of aryl methyl sites for hydroxylation is 1. The maximum absolute atomic E-state index is 12.0. The molecule has 1 aromatic rings. The van der Waals surface area contributed by atoms with Gasteiger partial charge in [-0.25, -0.2) is 4.79 Å². The number of nitrogens with one attached hydrogen (secondary N) is 1. The third-order valence-electron chi connectivity index (χ3n) is 2.61. The molecule has 0 spiro atoms. The quantitative estimate of drug-likeness (QED) is 0.773. The highest BCUT2D eigenvalue weighted by Crippen LogP contribution is 2.25. The minimum atomic E-state index is -0.295. The number of nitrogens with zero attached hydrogens (tertiary/aromatic N) is 1. The molecule has 0 aliphatic carbocycles. The number of benzene rings is 1. The number of urea groups is 1. The lowest BCUT2D eigenvalue weighted by atomic mass is 10.2. The molecule has 1 rings (SSSR count). The second-order valence-corrected chi connectivity index (χ2v) is 4.09. The van der Waals surface area contributed by atoms with Crippen LogP contribution in [-0.4, -0.2) is 42.8 Å². The van der Waals surface area contributed by atoms with E-state index in [1.165, 1.54) is 4.90 Å². The maximum atomic E-state index is 12.0. The van der Waals surface area contributed by atoms with Crippen LogP contribution in [-0.2, 0) is 0 Å². The highest BCUT2D eigenvalue weighted by atomic mass is 16.5. The minimum Gasteiger partial charge on any atom is -0.495 e. The van der Waals surface area contributed by atoms with Crippen LogP contribution in [0.4, 0.5) is 10.5 Å². The summed E-state index contributed by atoms with van der Waals surface area (Å²) in [6.45, 7) is 6.08. The zero-order valence-corrected chi connectivity index (χ0v) is 11.3. The van der Waals surface area contributed by atoms with Gasteiger partial charge in [-0.05, 0) is 24.6 Å². The minimum absolute atomic E-state index is 0.0910. The van der Waals surface area contributed by atoms with Gasteiger partial charge < -0.3 is 20.1 Å². The Bertz CT molecular complexity index is 446. The molecule has 0 radical (unpaired) electrons. The number of ether oxygens (including phenoxy) is 1. The summed E-state index contributed by atoms with van der Waals surface area (Å²) < 4.78 is 5.22. The summed E-state index contributed by atoms with van der Waals surface area (Å²) in [6, 6.07) is 5.23. The zero-order valence-electron chi connectivity index (χ0n) is 11.3. The number of hydrogen-bond donors (Lipinski definition) is 2. The van der Waals surface area contributed by atoms with E-state index in [4.69, 9.17) is 9.84 Å². The fraction of sp³-hybridized carbons (Fsp3) is 0.357. The molecule has 0 heterocycles. The van der Waals surface area contributed by atoms with Gasteiger partial charge in [-0.1, -0.05) is 12.1 Å². The molecule has 0 aliphatic rings. The summed E-state index contributed by atoms with van der Waals surface area (Å²) in [5, 5.41) is 11.7. The summed E-state index contributed by atoms with van der Waals surface area (Å²) in [5.41, 5.74) is 1.65. The molecular weight excluding hydrogens is 244 g/mol. The van der Waals surface area contributed by atoms with Gasteiger partial charge in [-0.15, -0.1) is 6.58 Å². The maximum Gasteiger partial charge on any atom is 0.322 e. The van der Waals surface area contributed by atoms with Crippen molar-refractivity contribution in [3.63, 3.8) is 0 Å². The lowest BCUT2D eigenvalue weighted by Gasteiger charge is -2.21. The number of aliphatic hydroxyl groups excluding tert-OH is 1. The molecule has 1 aromatic carbocycles. The molecular formula is C14H20N2O3. The third-order valence-corrected chi connectivity index (χ3v) is 2.61. The molecule has 5 nitrogen and oxygen atoms in total. The van der Waals surface area contributed by atoms with Gasteiger partial charge in [0.05, 0.1) is 19.4 Å². The van der Waals surface area contributed by atoms with Crippen molar-refractivity contribution in [1.82, 2.24) is 4.90 Å². The molecule has 19 heavy (non-hydrogen) atoms. The van der Waals surface area contributed by atoms with Crippen LogP contribution in [0.25, 0.3) is 0 Å². The molecule has 0 unspecified atom stereocenters. The molecule has 2 amide bonds. The Balaban J connectivity index is 2.82. The van der Waals surface area contributed by atoms with Crippen molar-refractivity contribution in [3.05, 3.63) is 36.4 Å². The molecule has 0 saturated heterocycles. The van der Waals surface area contributed by atoms with E-state index in [0.717, 1.165) is 5.56 Å². The van der Waals surface area contributed by atoms with E-state index < -0.39 is 0 Å². The van der Waals surface area contributed by atoms with E-state index in [1.54, 1.807) is 19.3 Å². The summed E-state index contributed by atoms with van der Waals surface area (Å²) in [7, 11) is 1.56. The number of aliphatic hydroxyl groups is 1. The summed E-state index contributed by atoms with van der Waals surface area (Å²) in [5.74, 6) is 0.607. The number of carbonyl (C=O) groups is 1. The van der Waals surface area contributed by atoms with Crippen LogP contribution < -0.4 is 10.1 Å². The number of hydrogen-bond acceptors (Lipinski definition) is 3. The first-order valence-corrected chi connectivity index (χ1v) is 6.04. The van der Waals surface area contributed by atoms with Crippen molar-refractivity contribution >= 4 is 11.7 Å². The normalized spacial score (nSPS) is 9.84. The molecule has 0 atom stereocenters. The second-order valence-electron chi connectivity index (χ2n) is 4.09. The molecule has 0 saturated carbocycles. The molecule has 0 aromatic heterocycles. The number of methoxy groups -OCH3 is 1. The van der Waals surface area contributed by atoms with Gasteiger partial charge in [0, 0.05) is 13.1 Å². The lowest BCUT2D eigenvalue weighted by Crippen LogP contribution is -2.37. The lowest BCUT2D eigenvalue weighted by molar-refractivity contribution is 0.195. The fourth-order valence-electron chi connectivity index (χ4n) is 1.65. The van der Waals surface area contributed by atoms with Gasteiger partial charge in [-0.3, -0.25) is 0 Å². The Kier molecular flexibility index (Phi) is 5.89. The second kappa shape index (κ2) is 7.43. The van der Waals surface area contributed by atoms with Gasteiger partial charge in [0.2, 0.25) is 0 Å². The monoisotopic (exact) mass is 264 g/mol. The Morgan fingerprint density at radius 2 is 2.32 bits per heavy atom. The van der Waals surface area contributed by atoms with Crippen molar-refractivity contribution in [2.45, 2.75) is 6.92 Å². The van der Waals surface area contributed by atoms with Crippen LogP contribution in [0, 0.1) is 6.92 Å². The average molecular weight is 264 g/mol. The predicted molar refractivity (Wildman–Crippen MR) is 75.6 cm³/mol. The average Bonchev–Trinajstić information content (AvgIpc) is 2.40. The first kappa shape index (κ1) is 15.0. The fourth-order valence-corrected chi connectivity index (χ4v) is 1.65. The number of anilines is 1. The molecule has 0 fully saturated rings. The molecule has 5 heteroatoms. The van der Waals surface area contributed by atoms with Gasteiger partial charge >= 0.3 is 6.03 Å². The van der Waals surface area contributed by atoms with Crippen LogP contribution in [0.3, 0.4) is 0 Å². The van der Waals surface area contributed by atoms with Crippen molar-refractivity contribution in [1.29, 1.82) is 0 Å². The van der Waals surface area contributed by atoms with Crippen LogP contribution in [0.5, 0.6) is 5.75 Å². The third kappa shape index (κ3) is 4.30. The van der Waals surface area contributed by atoms with E-state index in [1.807, 2.05) is 19.1 Å². The van der Waals surface area contributed by atoms with Gasteiger partial charge in [-0.2, -0.15) is 0 Å². The summed E-state index contributed by atoms with van der Waals surface area (Å²) in [4.78, 5) is 13.5. The molecule has 0 aliphatic heterocycles. The first-order valence-electron chi connectivity index (χ1n) is 6.04. The molecule has 104 valence electrons. The Morgan fingerprint density at radius 1 is 1.58 bits per heavy atom. The van der Waals surface area contributed by atoms with Gasteiger partial charge in [0.15, 0.2) is 0 Å². The van der Waals surface area contributed by atoms with Crippen molar-refractivity contribution in [2.75, 3.05) is 32.1 Å². The zero-order chi connectivity index (χ0) is 14.3. The standard InChI is InChI=1S/C14H20N2O3/c1-4-7-16(8-9-17)14(18)15-12-6-5-11(2)10-13(12)19-3/h4-6,10,17H,1,7-9H2,2-3H3,(H,15,18). The van der Waals surface area contributed by atoms with Crippen molar-refractivity contribution < 1.29 is 14.6 Å². The highest BCUT2D eigenvalue weighted by molar-refractivity contribution is 5.91. The van der Waals surface area contributed by atoms with E-state index in [0.29, 0.717) is 18.0 Å². The number of rotatable bonds is 6. The number of amides is 2. The SMILES string of the molecule is C=CCN(CCO)C(=O)Nc1ccc(C)cc1OC. The first-order chi connectivity index (χ1) is 9.12. The van der Waals surface area contributed by atoms with Crippen molar-refractivity contribution in [3.8, 4) is 5.75 Å². The van der Waals surface area contributed by atoms with Crippen LogP contribution in [0.15, 0.2) is 30.9 Å². The topological polar surface area (TPSA) is 61.8 Å². The van der Waals surface area contributed by atoms with Gasteiger partial charge in [0.25, 0.3) is 0 Å². The van der Waals surface area contributed by atoms with Gasteiger partial charge in [0.1, 0.15) is 5.75 Å². The van der Waals surface area contributed by atoms with E-state index in [2.05, 4.69) is 11.9 Å². The Hall–Kier alpha value is -2.01. The van der Waals surface area contributed by atoms with E-state index >= 15 is 0 Å².